The second-order valence-corrected chi connectivity index (χ2v) is 8.02. The number of thioether (sulfide) groups is 1. The molecule has 0 unspecified atom stereocenters. The van der Waals surface area contributed by atoms with E-state index in [1.807, 2.05) is 6.92 Å². The number of alkyl halides is 6. The van der Waals surface area contributed by atoms with Crippen molar-refractivity contribution in [1.82, 2.24) is 0 Å². The zero-order valence-electron chi connectivity index (χ0n) is 16.5. The van der Waals surface area contributed by atoms with Gasteiger partial charge in [0.15, 0.2) is 0 Å². The van der Waals surface area contributed by atoms with Crippen LogP contribution in [0.5, 0.6) is 0 Å². The van der Waals surface area contributed by atoms with Crippen LogP contribution in [0, 0.1) is 0 Å². The summed E-state index contributed by atoms with van der Waals surface area (Å²) in [5, 5.41) is 5.21. The van der Waals surface area contributed by atoms with Gasteiger partial charge in [-0.15, -0.1) is 11.8 Å². The van der Waals surface area contributed by atoms with Crippen LogP contribution in [0.4, 0.5) is 37.7 Å². The van der Waals surface area contributed by atoms with E-state index in [4.69, 9.17) is 0 Å². The highest BCUT2D eigenvalue weighted by atomic mass is 32.2. The number of halogens is 6. The van der Waals surface area contributed by atoms with Crippen LogP contribution in [0.25, 0.3) is 4.91 Å². The number of carbonyl (C=O) groups excluding carboxylic acids is 1. The SMILES string of the molecule is CCSC1=C(C(=O)Nc2cc(C(F)(F)F)ccc2NC)Cc2cc(C(F)(F)F)ccc21. The minimum absolute atomic E-state index is 0.0404. The highest BCUT2D eigenvalue weighted by Crippen LogP contribution is 2.43. The third-order valence-corrected chi connectivity index (χ3v) is 5.79. The number of amides is 1. The lowest BCUT2D eigenvalue weighted by Gasteiger charge is -2.15. The first kappa shape index (κ1) is 23.1. The van der Waals surface area contributed by atoms with Gasteiger partial charge in [0.05, 0.1) is 22.5 Å². The maximum absolute atomic E-state index is 13.1. The van der Waals surface area contributed by atoms with Crippen LogP contribution in [-0.4, -0.2) is 18.7 Å². The zero-order chi connectivity index (χ0) is 23.0. The summed E-state index contributed by atoms with van der Waals surface area (Å²) < 4.78 is 78.4. The summed E-state index contributed by atoms with van der Waals surface area (Å²) in [5.41, 5.74) is -0.422. The van der Waals surface area contributed by atoms with Crippen LogP contribution in [-0.2, 0) is 23.6 Å². The van der Waals surface area contributed by atoms with E-state index in [2.05, 4.69) is 10.6 Å². The molecule has 1 amide bonds. The van der Waals surface area contributed by atoms with Crippen molar-refractivity contribution in [2.45, 2.75) is 25.7 Å². The zero-order valence-corrected chi connectivity index (χ0v) is 17.3. The summed E-state index contributed by atoms with van der Waals surface area (Å²) in [7, 11) is 1.50. The topological polar surface area (TPSA) is 41.1 Å². The first-order chi connectivity index (χ1) is 14.5. The highest BCUT2D eigenvalue weighted by molar-refractivity contribution is 8.08. The van der Waals surface area contributed by atoms with Crippen LogP contribution in [0.2, 0.25) is 0 Å². The number of hydrogen-bond acceptors (Lipinski definition) is 3. The largest absolute Gasteiger partial charge is 0.416 e. The van der Waals surface area contributed by atoms with Crippen LogP contribution >= 0.6 is 11.8 Å². The van der Waals surface area contributed by atoms with Crippen molar-refractivity contribution in [3.8, 4) is 0 Å². The van der Waals surface area contributed by atoms with Gasteiger partial charge in [0.25, 0.3) is 5.91 Å². The molecule has 0 heterocycles. The molecule has 2 aromatic carbocycles. The number of fused-ring (bicyclic) bond motifs is 1. The molecule has 0 aromatic heterocycles. The number of nitrogens with one attached hydrogen (secondary N) is 2. The molecule has 1 aliphatic rings. The van der Waals surface area contributed by atoms with E-state index in [1.165, 1.54) is 30.9 Å². The Bertz CT molecular complexity index is 1040. The van der Waals surface area contributed by atoms with Gasteiger partial charge in [-0.3, -0.25) is 4.79 Å². The summed E-state index contributed by atoms with van der Waals surface area (Å²) in [6.45, 7) is 1.83. The van der Waals surface area contributed by atoms with Crippen molar-refractivity contribution >= 4 is 33.9 Å². The van der Waals surface area contributed by atoms with Crippen LogP contribution in [0.15, 0.2) is 42.0 Å². The number of carbonyl (C=O) groups is 1. The maximum Gasteiger partial charge on any atom is 0.416 e. The summed E-state index contributed by atoms with van der Waals surface area (Å²) >= 11 is 1.30. The van der Waals surface area contributed by atoms with Gasteiger partial charge in [0.2, 0.25) is 0 Å². The van der Waals surface area contributed by atoms with Crippen molar-refractivity contribution in [3.05, 3.63) is 64.2 Å². The molecule has 0 radical (unpaired) electrons. The van der Waals surface area contributed by atoms with E-state index in [1.54, 1.807) is 0 Å². The molecule has 2 N–H and O–H groups in total. The van der Waals surface area contributed by atoms with Crippen molar-refractivity contribution < 1.29 is 31.1 Å². The molecule has 0 aliphatic heterocycles. The van der Waals surface area contributed by atoms with Gasteiger partial charge >= 0.3 is 12.4 Å². The first-order valence-electron chi connectivity index (χ1n) is 9.22. The quantitative estimate of drug-likeness (QED) is 0.506. The molecule has 31 heavy (non-hydrogen) atoms. The highest BCUT2D eigenvalue weighted by Gasteiger charge is 2.34. The lowest BCUT2D eigenvalue weighted by atomic mass is 10.0. The van der Waals surface area contributed by atoms with E-state index >= 15 is 0 Å². The summed E-state index contributed by atoms with van der Waals surface area (Å²) in [5.74, 6) is -0.0886. The Morgan fingerprint density at radius 3 is 2.16 bits per heavy atom. The third-order valence-electron chi connectivity index (χ3n) is 4.75. The van der Waals surface area contributed by atoms with Crippen LogP contribution in [0.1, 0.15) is 29.2 Å². The van der Waals surface area contributed by atoms with Crippen molar-refractivity contribution in [3.63, 3.8) is 0 Å². The lowest BCUT2D eigenvalue weighted by molar-refractivity contribution is -0.138. The van der Waals surface area contributed by atoms with E-state index in [9.17, 15) is 31.1 Å². The molecular formula is C21H18F6N2OS. The monoisotopic (exact) mass is 460 g/mol. The standard InChI is InChI=1S/C21H18F6N2OS/c1-3-31-18-14-6-4-12(20(22,23)24)8-11(14)9-15(18)19(30)29-17-10-13(21(25,26)27)5-7-16(17)28-2/h4-8,10,28H,3,9H2,1-2H3,(H,29,30). The number of hydrogen-bond donors (Lipinski definition) is 2. The average molecular weight is 460 g/mol. The Hall–Kier alpha value is -2.62. The molecule has 0 saturated carbocycles. The van der Waals surface area contributed by atoms with Gasteiger partial charge in [-0.05, 0) is 47.2 Å². The molecule has 0 atom stereocenters. The van der Waals surface area contributed by atoms with Gasteiger partial charge in [-0.25, -0.2) is 0 Å². The minimum Gasteiger partial charge on any atom is -0.386 e. The Kier molecular flexibility index (Phi) is 6.31. The normalized spacial score (nSPS) is 13.9. The van der Waals surface area contributed by atoms with Gasteiger partial charge in [0.1, 0.15) is 0 Å². The van der Waals surface area contributed by atoms with Crippen LogP contribution in [0.3, 0.4) is 0 Å². The van der Waals surface area contributed by atoms with Crippen molar-refractivity contribution in [2.24, 2.45) is 0 Å². The Morgan fingerprint density at radius 1 is 0.968 bits per heavy atom. The Labute approximate surface area is 178 Å². The minimum atomic E-state index is -4.59. The molecule has 2 aromatic rings. The number of benzene rings is 2. The number of anilines is 2. The maximum atomic E-state index is 13.1. The van der Waals surface area contributed by atoms with Gasteiger partial charge < -0.3 is 10.6 Å². The fourth-order valence-corrected chi connectivity index (χ4v) is 4.29. The summed E-state index contributed by atoms with van der Waals surface area (Å²) in [4.78, 5) is 13.5. The smallest absolute Gasteiger partial charge is 0.386 e. The molecule has 0 spiro atoms. The molecular weight excluding hydrogens is 442 g/mol. The number of rotatable bonds is 5. The molecule has 1 aliphatic carbocycles. The summed E-state index contributed by atoms with van der Waals surface area (Å²) in [6, 6.07) is 6.22. The fourth-order valence-electron chi connectivity index (χ4n) is 3.30. The van der Waals surface area contributed by atoms with E-state index in [-0.39, 0.29) is 23.4 Å². The van der Waals surface area contributed by atoms with E-state index < -0.39 is 29.4 Å². The second-order valence-electron chi connectivity index (χ2n) is 6.75. The summed E-state index contributed by atoms with van der Waals surface area (Å²) in [6.07, 6.45) is -9.15. The van der Waals surface area contributed by atoms with Gasteiger partial charge in [-0.2, -0.15) is 26.3 Å². The Morgan fingerprint density at radius 2 is 1.58 bits per heavy atom. The predicted molar refractivity (Wildman–Crippen MR) is 110 cm³/mol. The second kappa shape index (κ2) is 8.49. The van der Waals surface area contributed by atoms with Gasteiger partial charge in [-0.1, -0.05) is 13.0 Å². The molecule has 3 rings (SSSR count). The molecule has 3 nitrogen and oxygen atoms in total. The molecule has 166 valence electrons. The van der Waals surface area contributed by atoms with E-state index in [0.717, 1.165) is 24.3 Å². The average Bonchev–Trinajstić information content (AvgIpc) is 3.05. The third kappa shape index (κ3) is 4.84. The molecule has 0 bridgehead atoms. The lowest BCUT2D eigenvalue weighted by Crippen LogP contribution is -2.17. The molecule has 0 saturated heterocycles. The predicted octanol–water partition coefficient (Wildman–Crippen LogP) is 6.42. The van der Waals surface area contributed by atoms with Gasteiger partial charge in [0, 0.05) is 23.9 Å². The van der Waals surface area contributed by atoms with E-state index in [0.29, 0.717) is 21.8 Å². The van der Waals surface area contributed by atoms with Crippen molar-refractivity contribution in [2.75, 3.05) is 23.4 Å². The molecule has 0 fully saturated rings. The molecule has 10 heteroatoms. The fraction of sp³-hybridized carbons (Fsp3) is 0.286. The Balaban J connectivity index is 1.96. The first-order valence-corrected chi connectivity index (χ1v) is 10.2. The van der Waals surface area contributed by atoms with Crippen molar-refractivity contribution in [1.29, 1.82) is 0 Å². The van der Waals surface area contributed by atoms with Crippen LogP contribution < -0.4 is 10.6 Å².